The van der Waals surface area contributed by atoms with Crippen LogP contribution in [0.5, 0.6) is 5.75 Å². The van der Waals surface area contributed by atoms with Crippen LogP contribution in [0.3, 0.4) is 0 Å². The summed E-state index contributed by atoms with van der Waals surface area (Å²) < 4.78 is 5.20. The first-order valence-electron chi connectivity index (χ1n) is 10.6. The Morgan fingerprint density at radius 1 is 1.21 bits per heavy atom. The number of unbranched alkanes of at least 4 members (excludes halogenated alkanes) is 1. The number of carbonyl (C=O) groups excluding carboxylic acids is 1. The second kappa shape index (κ2) is 10.6. The number of hydrogen-bond acceptors (Lipinski definition) is 4. The molecule has 1 aliphatic carbocycles. The summed E-state index contributed by atoms with van der Waals surface area (Å²) in [5.74, 6) is 2.14. The van der Waals surface area contributed by atoms with Gasteiger partial charge in [0.25, 0.3) is 0 Å². The van der Waals surface area contributed by atoms with Crippen molar-refractivity contribution in [3.63, 3.8) is 0 Å². The second-order valence-corrected chi connectivity index (χ2v) is 8.70. The summed E-state index contributed by atoms with van der Waals surface area (Å²) >= 11 is 1.66. The number of benzene rings is 1. The summed E-state index contributed by atoms with van der Waals surface area (Å²) in [5, 5.41) is 6.28. The molecule has 1 aromatic carbocycles. The van der Waals surface area contributed by atoms with Crippen LogP contribution in [0.1, 0.15) is 56.9 Å². The number of carbonyl (C=O) groups is 1. The van der Waals surface area contributed by atoms with Crippen LogP contribution in [-0.2, 0) is 11.2 Å². The zero-order valence-electron chi connectivity index (χ0n) is 17.1. The molecule has 0 aliphatic heterocycles. The lowest BCUT2D eigenvalue weighted by atomic mass is 9.79. The molecule has 1 aromatic heterocycles. The first kappa shape index (κ1) is 20.8. The van der Waals surface area contributed by atoms with Gasteiger partial charge in [-0.3, -0.25) is 4.79 Å². The van der Waals surface area contributed by atoms with E-state index < -0.39 is 0 Å². The highest BCUT2D eigenvalue weighted by Gasteiger charge is 2.25. The molecule has 1 fully saturated rings. The molecular formula is C23H32N2O2S. The summed E-state index contributed by atoms with van der Waals surface area (Å²) in [5.41, 5.74) is 2.08. The number of thiazole rings is 1. The summed E-state index contributed by atoms with van der Waals surface area (Å²) in [4.78, 5) is 17.2. The molecule has 152 valence electrons. The van der Waals surface area contributed by atoms with Crippen molar-refractivity contribution in [2.45, 2.75) is 58.3 Å². The second-order valence-electron chi connectivity index (χ2n) is 7.76. The highest BCUT2D eigenvalue weighted by molar-refractivity contribution is 7.09. The SMILES string of the molecule is CCCCC1CCC(C(=O)NCCc2nc(-c3ccc(OC)cc3)cs2)CC1. The number of methoxy groups -OCH3 is 1. The molecule has 0 radical (unpaired) electrons. The van der Waals surface area contributed by atoms with E-state index in [9.17, 15) is 4.79 Å². The Morgan fingerprint density at radius 2 is 1.96 bits per heavy atom. The summed E-state index contributed by atoms with van der Waals surface area (Å²) in [7, 11) is 1.67. The highest BCUT2D eigenvalue weighted by atomic mass is 32.1. The maximum absolute atomic E-state index is 12.5. The molecule has 1 amide bonds. The van der Waals surface area contributed by atoms with Gasteiger partial charge in [0.05, 0.1) is 17.8 Å². The Balaban J connectivity index is 1.40. The third-order valence-corrected chi connectivity index (χ3v) is 6.67. The molecule has 4 nitrogen and oxygen atoms in total. The third-order valence-electron chi connectivity index (χ3n) is 5.76. The van der Waals surface area contributed by atoms with Gasteiger partial charge in [-0.1, -0.05) is 26.2 Å². The fourth-order valence-electron chi connectivity index (χ4n) is 3.96. The van der Waals surface area contributed by atoms with E-state index in [0.29, 0.717) is 6.54 Å². The zero-order valence-corrected chi connectivity index (χ0v) is 17.9. The first-order chi connectivity index (χ1) is 13.7. The van der Waals surface area contributed by atoms with E-state index in [2.05, 4.69) is 17.6 Å². The van der Waals surface area contributed by atoms with Gasteiger partial charge in [0.1, 0.15) is 5.75 Å². The molecule has 1 saturated carbocycles. The molecule has 0 bridgehead atoms. The van der Waals surface area contributed by atoms with Gasteiger partial charge in [0.15, 0.2) is 0 Å². The minimum atomic E-state index is 0.212. The van der Waals surface area contributed by atoms with Crippen LogP contribution in [0.25, 0.3) is 11.3 Å². The van der Waals surface area contributed by atoms with E-state index in [-0.39, 0.29) is 11.8 Å². The number of nitrogens with zero attached hydrogens (tertiary/aromatic N) is 1. The molecule has 1 heterocycles. The summed E-state index contributed by atoms with van der Waals surface area (Å²) in [6.45, 7) is 2.92. The smallest absolute Gasteiger partial charge is 0.223 e. The minimum Gasteiger partial charge on any atom is -0.497 e. The lowest BCUT2D eigenvalue weighted by Gasteiger charge is -2.27. The molecule has 3 rings (SSSR count). The number of ether oxygens (including phenoxy) is 1. The fourth-order valence-corrected chi connectivity index (χ4v) is 4.77. The molecule has 0 saturated heterocycles. The Morgan fingerprint density at radius 3 is 2.64 bits per heavy atom. The molecule has 0 atom stereocenters. The quantitative estimate of drug-likeness (QED) is 0.607. The number of aromatic nitrogens is 1. The lowest BCUT2D eigenvalue weighted by Crippen LogP contribution is -2.34. The van der Waals surface area contributed by atoms with Crippen LogP contribution >= 0.6 is 11.3 Å². The Labute approximate surface area is 172 Å². The topological polar surface area (TPSA) is 51.2 Å². The van der Waals surface area contributed by atoms with Crippen LogP contribution in [0, 0.1) is 11.8 Å². The van der Waals surface area contributed by atoms with Gasteiger partial charge in [-0.2, -0.15) is 0 Å². The van der Waals surface area contributed by atoms with Gasteiger partial charge in [-0.25, -0.2) is 4.98 Å². The normalized spacial score (nSPS) is 19.4. The first-order valence-corrected chi connectivity index (χ1v) is 11.4. The Bertz CT molecular complexity index is 733. The summed E-state index contributed by atoms with van der Waals surface area (Å²) in [6.07, 6.45) is 9.28. The predicted octanol–water partition coefficient (Wildman–Crippen LogP) is 5.47. The van der Waals surface area contributed by atoms with Gasteiger partial charge < -0.3 is 10.1 Å². The molecular weight excluding hydrogens is 368 g/mol. The average Bonchev–Trinajstić information content (AvgIpc) is 3.21. The van der Waals surface area contributed by atoms with E-state index in [1.54, 1.807) is 18.4 Å². The van der Waals surface area contributed by atoms with Gasteiger partial charge >= 0.3 is 0 Å². The molecule has 0 unspecified atom stereocenters. The van der Waals surface area contributed by atoms with Crippen LogP contribution < -0.4 is 10.1 Å². The van der Waals surface area contributed by atoms with Crippen LogP contribution in [0.2, 0.25) is 0 Å². The van der Waals surface area contributed by atoms with E-state index in [1.165, 1.54) is 32.1 Å². The van der Waals surface area contributed by atoms with Crippen LogP contribution in [0.15, 0.2) is 29.6 Å². The monoisotopic (exact) mass is 400 g/mol. The van der Waals surface area contributed by atoms with E-state index in [1.807, 2.05) is 24.3 Å². The van der Waals surface area contributed by atoms with Gasteiger partial charge in [-0.15, -0.1) is 11.3 Å². The van der Waals surface area contributed by atoms with Gasteiger partial charge in [-0.05, 0) is 55.9 Å². The molecule has 1 N–H and O–H groups in total. The Hall–Kier alpha value is -1.88. The van der Waals surface area contributed by atoms with Crippen molar-refractivity contribution in [1.82, 2.24) is 10.3 Å². The van der Waals surface area contributed by atoms with Crippen molar-refractivity contribution in [2.24, 2.45) is 11.8 Å². The van der Waals surface area contributed by atoms with Crippen molar-refractivity contribution in [1.29, 1.82) is 0 Å². The van der Waals surface area contributed by atoms with Crippen molar-refractivity contribution < 1.29 is 9.53 Å². The van der Waals surface area contributed by atoms with Crippen molar-refractivity contribution >= 4 is 17.2 Å². The van der Waals surface area contributed by atoms with Crippen LogP contribution in [-0.4, -0.2) is 24.5 Å². The lowest BCUT2D eigenvalue weighted by molar-refractivity contribution is -0.126. The van der Waals surface area contributed by atoms with E-state index in [0.717, 1.165) is 47.2 Å². The average molecular weight is 401 g/mol. The predicted molar refractivity (Wildman–Crippen MR) is 116 cm³/mol. The fraction of sp³-hybridized carbons (Fsp3) is 0.565. The maximum Gasteiger partial charge on any atom is 0.223 e. The van der Waals surface area contributed by atoms with Crippen molar-refractivity contribution in [3.8, 4) is 17.0 Å². The van der Waals surface area contributed by atoms with Gasteiger partial charge in [0, 0.05) is 29.8 Å². The standard InChI is InChI=1S/C23H32N2O2S/c1-3-4-5-17-6-8-19(9-7-17)23(26)24-15-14-22-25-21(16-28-22)18-10-12-20(27-2)13-11-18/h10-13,16-17,19H,3-9,14-15H2,1-2H3,(H,24,26). The Kier molecular flexibility index (Phi) is 7.90. The maximum atomic E-state index is 12.5. The van der Waals surface area contributed by atoms with Gasteiger partial charge in [0.2, 0.25) is 5.91 Å². The van der Waals surface area contributed by atoms with Crippen molar-refractivity contribution in [3.05, 3.63) is 34.7 Å². The third kappa shape index (κ3) is 5.81. The van der Waals surface area contributed by atoms with Crippen LogP contribution in [0.4, 0.5) is 0 Å². The highest BCUT2D eigenvalue weighted by Crippen LogP contribution is 2.32. The molecule has 0 spiro atoms. The van der Waals surface area contributed by atoms with Crippen molar-refractivity contribution in [2.75, 3.05) is 13.7 Å². The number of rotatable bonds is 9. The minimum absolute atomic E-state index is 0.212. The number of nitrogens with one attached hydrogen (secondary N) is 1. The molecule has 28 heavy (non-hydrogen) atoms. The van der Waals surface area contributed by atoms with E-state index in [4.69, 9.17) is 9.72 Å². The largest absolute Gasteiger partial charge is 0.497 e. The number of hydrogen-bond donors (Lipinski definition) is 1. The molecule has 1 aliphatic rings. The zero-order chi connectivity index (χ0) is 19.8. The molecule has 5 heteroatoms. The summed E-state index contributed by atoms with van der Waals surface area (Å²) in [6, 6.07) is 7.95. The number of amides is 1. The molecule has 2 aromatic rings. The van der Waals surface area contributed by atoms with E-state index >= 15 is 0 Å².